The van der Waals surface area contributed by atoms with E-state index in [-0.39, 0.29) is 5.75 Å². The molecule has 5 nitrogen and oxygen atoms in total. The van der Waals surface area contributed by atoms with E-state index in [1.54, 1.807) is 14.2 Å². The molecule has 0 spiro atoms. The first-order valence-corrected chi connectivity index (χ1v) is 10.5. The summed E-state index contributed by atoms with van der Waals surface area (Å²) in [5.74, 6) is 0.724. The number of thioether (sulfide) groups is 1. The topological polar surface area (TPSA) is 81.8 Å². The molecular formula is C24H25NO4S. The predicted molar refractivity (Wildman–Crippen MR) is 120 cm³/mol. The predicted octanol–water partition coefficient (Wildman–Crippen LogP) is 4.14. The molecule has 0 bridgehead atoms. The van der Waals surface area contributed by atoms with E-state index in [0.29, 0.717) is 0 Å². The van der Waals surface area contributed by atoms with Gasteiger partial charge in [0.05, 0.1) is 19.0 Å². The molecule has 0 saturated heterocycles. The van der Waals surface area contributed by atoms with E-state index >= 15 is 0 Å². The number of hydrogen-bond acceptors (Lipinski definition) is 5. The Kier molecular flexibility index (Phi) is 7.03. The van der Waals surface area contributed by atoms with Gasteiger partial charge in [0.15, 0.2) is 0 Å². The minimum Gasteiger partial charge on any atom is -0.497 e. The fourth-order valence-corrected chi connectivity index (χ4v) is 4.84. The van der Waals surface area contributed by atoms with Gasteiger partial charge in [-0.2, -0.15) is 0 Å². The lowest BCUT2D eigenvalue weighted by molar-refractivity contribution is -0.137. The Bertz CT molecular complexity index is 911. The average molecular weight is 424 g/mol. The van der Waals surface area contributed by atoms with Gasteiger partial charge in [0.1, 0.15) is 17.5 Å². The van der Waals surface area contributed by atoms with Crippen LogP contribution in [0.4, 0.5) is 0 Å². The van der Waals surface area contributed by atoms with Crippen molar-refractivity contribution in [1.82, 2.24) is 0 Å². The largest absolute Gasteiger partial charge is 0.497 e. The summed E-state index contributed by atoms with van der Waals surface area (Å²) in [6.07, 6.45) is 0. The van der Waals surface area contributed by atoms with Crippen molar-refractivity contribution in [3.63, 3.8) is 0 Å². The summed E-state index contributed by atoms with van der Waals surface area (Å²) in [6, 6.07) is 24.7. The van der Waals surface area contributed by atoms with Crippen molar-refractivity contribution in [2.75, 3.05) is 20.0 Å². The second kappa shape index (κ2) is 9.69. The Balaban J connectivity index is 2.21. The van der Waals surface area contributed by atoms with Gasteiger partial charge in [0, 0.05) is 5.75 Å². The first kappa shape index (κ1) is 21.7. The van der Waals surface area contributed by atoms with Crippen molar-refractivity contribution >= 4 is 17.7 Å². The molecule has 0 aliphatic heterocycles. The minimum absolute atomic E-state index is 0.238. The number of aliphatic carboxylic acids is 1. The van der Waals surface area contributed by atoms with E-state index in [4.69, 9.17) is 15.2 Å². The molecule has 0 aromatic heterocycles. The highest BCUT2D eigenvalue weighted by Gasteiger charge is 2.38. The number of carboxylic acids is 1. The number of methoxy groups -OCH3 is 2. The number of hydrogen-bond donors (Lipinski definition) is 2. The van der Waals surface area contributed by atoms with Gasteiger partial charge < -0.3 is 20.3 Å². The van der Waals surface area contributed by atoms with E-state index in [9.17, 15) is 9.90 Å². The molecule has 3 rings (SSSR count). The Labute approximate surface area is 180 Å². The normalized spacial score (nSPS) is 12.2. The van der Waals surface area contributed by atoms with Crippen LogP contribution in [-0.2, 0) is 9.54 Å². The molecular weight excluding hydrogens is 398 g/mol. The van der Waals surface area contributed by atoms with E-state index in [1.807, 2.05) is 78.9 Å². The standard InChI is InChI=1S/C24H25NO4S/c1-28-20-12-8-18(9-13-20)24(17-6-4-3-5-7-17,30-16-22(25)23(26)27)19-10-14-21(29-2)15-11-19/h3-15,22H,16,25H2,1-2H3,(H,26,27)/t22-/m1/s1. The Morgan fingerprint density at radius 1 is 0.867 bits per heavy atom. The molecule has 1 atom stereocenters. The average Bonchev–Trinajstić information content (AvgIpc) is 2.80. The van der Waals surface area contributed by atoms with Crippen LogP contribution in [-0.4, -0.2) is 37.1 Å². The molecule has 0 saturated carbocycles. The minimum atomic E-state index is -1.02. The zero-order valence-corrected chi connectivity index (χ0v) is 17.8. The molecule has 0 unspecified atom stereocenters. The van der Waals surface area contributed by atoms with Crippen LogP contribution in [0.1, 0.15) is 16.7 Å². The number of nitrogens with two attached hydrogens (primary N) is 1. The van der Waals surface area contributed by atoms with Crippen molar-refractivity contribution in [3.05, 3.63) is 95.6 Å². The molecule has 6 heteroatoms. The Morgan fingerprint density at radius 2 is 1.30 bits per heavy atom. The third kappa shape index (κ3) is 4.45. The lowest BCUT2D eigenvalue weighted by atomic mass is 9.84. The van der Waals surface area contributed by atoms with Gasteiger partial charge in [-0.3, -0.25) is 4.79 Å². The van der Waals surface area contributed by atoms with Crippen molar-refractivity contribution < 1.29 is 19.4 Å². The third-order valence-corrected chi connectivity index (χ3v) is 6.64. The smallest absolute Gasteiger partial charge is 0.321 e. The number of rotatable bonds is 9. The summed E-state index contributed by atoms with van der Waals surface area (Å²) >= 11 is 1.50. The highest BCUT2D eigenvalue weighted by molar-refractivity contribution is 8.00. The summed E-state index contributed by atoms with van der Waals surface area (Å²) in [7, 11) is 3.26. The molecule has 156 valence electrons. The monoisotopic (exact) mass is 423 g/mol. The van der Waals surface area contributed by atoms with Gasteiger partial charge in [0.25, 0.3) is 0 Å². The van der Waals surface area contributed by atoms with Crippen LogP contribution in [0.25, 0.3) is 0 Å². The molecule has 0 fully saturated rings. The van der Waals surface area contributed by atoms with E-state index in [0.717, 1.165) is 28.2 Å². The summed E-state index contributed by atoms with van der Waals surface area (Å²) < 4.78 is 10.0. The maximum atomic E-state index is 11.4. The molecule has 0 aliphatic carbocycles. The molecule has 0 amide bonds. The zero-order valence-electron chi connectivity index (χ0n) is 16.9. The number of carboxylic acid groups (broad SMARTS) is 1. The Morgan fingerprint density at radius 3 is 1.70 bits per heavy atom. The van der Waals surface area contributed by atoms with Gasteiger partial charge in [-0.25, -0.2) is 0 Å². The first-order valence-electron chi connectivity index (χ1n) is 9.48. The van der Waals surface area contributed by atoms with Gasteiger partial charge in [-0.15, -0.1) is 11.8 Å². The quantitative estimate of drug-likeness (QED) is 0.504. The summed E-state index contributed by atoms with van der Waals surface area (Å²) in [6.45, 7) is 0. The second-order valence-electron chi connectivity index (χ2n) is 6.76. The lowest BCUT2D eigenvalue weighted by Gasteiger charge is -2.36. The van der Waals surface area contributed by atoms with Crippen LogP contribution in [0.15, 0.2) is 78.9 Å². The number of benzene rings is 3. The number of carbonyl (C=O) groups is 1. The molecule has 0 radical (unpaired) electrons. The van der Waals surface area contributed by atoms with Crippen molar-refractivity contribution in [2.24, 2.45) is 5.73 Å². The van der Waals surface area contributed by atoms with Crippen LogP contribution in [0.5, 0.6) is 11.5 Å². The first-order chi connectivity index (χ1) is 14.5. The van der Waals surface area contributed by atoms with Crippen LogP contribution < -0.4 is 15.2 Å². The van der Waals surface area contributed by atoms with Gasteiger partial charge in [-0.05, 0) is 41.0 Å². The van der Waals surface area contributed by atoms with Gasteiger partial charge >= 0.3 is 5.97 Å². The summed E-state index contributed by atoms with van der Waals surface area (Å²) in [5.41, 5.74) is 8.92. The highest BCUT2D eigenvalue weighted by Crippen LogP contribution is 2.49. The van der Waals surface area contributed by atoms with Crippen LogP contribution in [0, 0.1) is 0 Å². The molecule has 0 aliphatic rings. The highest BCUT2D eigenvalue weighted by atomic mass is 32.2. The zero-order chi connectivity index (χ0) is 21.6. The molecule has 0 heterocycles. The van der Waals surface area contributed by atoms with Crippen molar-refractivity contribution in [1.29, 1.82) is 0 Å². The molecule has 3 aromatic carbocycles. The molecule has 3 aromatic rings. The molecule has 3 N–H and O–H groups in total. The maximum Gasteiger partial charge on any atom is 0.321 e. The van der Waals surface area contributed by atoms with Gasteiger partial charge in [-0.1, -0.05) is 54.6 Å². The van der Waals surface area contributed by atoms with Gasteiger partial charge in [0.2, 0.25) is 0 Å². The fourth-order valence-electron chi connectivity index (χ4n) is 3.36. The summed E-state index contributed by atoms with van der Waals surface area (Å²) in [4.78, 5) is 11.4. The Hall–Kier alpha value is -2.96. The lowest BCUT2D eigenvalue weighted by Crippen LogP contribution is -2.36. The fraction of sp³-hybridized carbons (Fsp3) is 0.208. The SMILES string of the molecule is COc1ccc(C(SC[C@@H](N)C(=O)O)(c2ccccc2)c2ccc(OC)cc2)cc1. The van der Waals surface area contributed by atoms with Crippen molar-refractivity contribution in [3.8, 4) is 11.5 Å². The second-order valence-corrected chi connectivity index (χ2v) is 7.99. The van der Waals surface area contributed by atoms with E-state index in [1.165, 1.54) is 11.8 Å². The summed E-state index contributed by atoms with van der Waals surface area (Å²) in [5, 5.41) is 9.36. The van der Waals surface area contributed by atoms with Crippen LogP contribution in [0.3, 0.4) is 0 Å². The van der Waals surface area contributed by atoms with Crippen molar-refractivity contribution in [2.45, 2.75) is 10.8 Å². The van der Waals surface area contributed by atoms with E-state index < -0.39 is 16.8 Å². The van der Waals surface area contributed by atoms with Crippen LogP contribution in [0.2, 0.25) is 0 Å². The molecule has 30 heavy (non-hydrogen) atoms. The maximum absolute atomic E-state index is 11.4. The van der Waals surface area contributed by atoms with Crippen LogP contribution >= 0.6 is 11.8 Å². The number of ether oxygens (including phenoxy) is 2. The van der Waals surface area contributed by atoms with E-state index in [2.05, 4.69) is 0 Å². The third-order valence-electron chi connectivity index (χ3n) is 4.97.